The summed E-state index contributed by atoms with van der Waals surface area (Å²) in [6.07, 6.45) is 1.53. The van der Waals surface area contributed by atoms with E-state index in [1.54, 1.807) is 41.5 Å². The predicted molar refractivity (Wildman–Crippen MR) is 119 cm³/mol. The first kappa shape index (κ1) is 24.7. The zero-order valence-corrected chi connectivity index (χ0v) is 20.3. The number of fused-ring (bicyclic) bond motifs is 2. The molecule has 10 nitrogen and oxygen atoms in total. The fourth-order valence-electron chi connectivity index (χ4n) is 4.49. The van der Waals surface area contributed by atoms with E-state index in [9.17, 15) is 24.0 Å². The number of ether oxygens (including phenoxy) is 2. The van der Waals surface area contributed by atoms with Crippen LogP contribution >= 0.6 is 0 Å². The zero-order valence-electron chi connectivity index (χ0n) is 20.3. The quantitative estimate of drug-likeness (QED) is 0.628. The molecule has 1 saturated heterocycles. The number of likely N-dealkylation sites (tertiary alicyclic amines) is 1. The molecule has 1 aliphatic heterocycles. The van der Waals surface area contributed by atoms with E-state index < -0.39 is 46.7 Å². The van der Waals surface area contributed by atoms with E-state index in [1.807, 2.05) is 0 Å². The number of piperidine rings is 1. The maximum atomic E-state index is 13.3. The molecular weight excluding hydrogens is 430 g/mol. The summed E-state index contributed by atoms with van der Waals surface area (Å²) in [7, 11) is 0. The number of rotatable bonds is 1. The highest BCUT2D eigenvalue weighted by Gasteiger charge is 2.47. The van der Waals surface area contributed by atoms with E-state index in [1.165, 1.54) is 17.7 Å². The van der Waals surface area contributed by atoms with Crippen LogP contribution < -0.4 is 11.2 Å². The number of hydrogen-bond donors (Lipinski definition) is 0. The molecule has 0 aromatic carbocycles. The van der Waals surface area contributed by atoms with Crippen molar-refractivity contribution in [3.8, 4) is 0 Å². The molecular formula is C23H33N3O7. The van der Waals surface area contributed by atoms with Crippen molar-refractivity contribution in [2.24, 2.45) is 5.92 Å². The molecule has 0 N–H and O–H groups in total. The Morgan fingerprint density at radius 3 is 2.06 bits per heavy atom. The Bertz CT molecular complexity index is 1090. The summed E-state index contributed by atoms with van der Waals surface area (Å²) in [4.78, 5) is 65.5. The summed E-state index contributed by atoms with van der Waals surface area (Å²) in [5.41, 5.74) is -3.14. The molecule has 0 unspecified atom stereocenters. The van der Waals surface area contributed by atoms with Crippen molar-refractivity contribution in [1.29, 1.82) is 0 Å². The zero-order chi connectivity index (χ0) is 24.9. The largest absolute Gasteiger partial charge is 0.443 e. The summed E-state index contributed by atoms with van der Waals surface area (Å²) in [6, 6.07) is -1.22. The Morgan fingerprint density at radius 1 is 0.909 bits per heavy atom. The van der Waals surface area contributed by atoms with Crippen molar-refractivity contribution < 1.29 is 23.9 Å². The monoisotopic (exact) mass is 463 g/mol. The summed E-state index contributed by atoms with van der Waals surface area (Å²) in [6.45, 7) is 11.6. The van der Waals surface area contributed by atoms with E-state index in [-0.39, 0.29) is 23.8 Å². The van der Waals surface area contributed by atoms with E-state index in [0.29, 0.717) is 23.8 Å². The molecule has 2 fully saturated rings. The number of amides is 2. The van der Waals surface area contributed by atoms with Gasteiger partial charge in [0.2, 0.25) is 5.91 Å². The molecule has 1 aliphatic carbocycles. The maximum Gasteiger partial charge on any atom is 0.425 e. The molecule has 2 aliphatic rings. The van der Waals surface area contributed by atoms with Crippen LogP contribution in [0.15, 0.2) is 15.8 Å². The highest BCUT2D eigenvalue weighted by molar-refractivity contribution is 5.93. The van der Waals surface area contributed by atoms with Crippen molar-refractivity contribution in [2.45, 2.75) is 97.4 Å². The van der Waals surface area contributed by atoms with Gasteiger partial charge in [-0.3, -0.25) is 14.2 Å². The Labute approximate surface area is 192 Å². The van der Waals surface area contributed by atoms with Crippen LogP contribution in [0.1, 0.15) is 78.8 Å². The molecule has 0 spiro atoms. The second kappa shape index (κ2) is 8.46. The molecule has 10 heteroatoms. The fraction of sp³-hybridized carbons (Fsp3) is 0.696. The topological polar surface area (TPSA) is 117 Å². The molecule has 0 radical (unpaired) electrons. The van der Waals surface area contributed by atoms with Crippen LogP contribution in [0.3, 0.4) is 0 Å². The Morgan fingerprint density at radius 2 is 1.48 bits per heavy atom. The fourth-order valence-corrected chi connectivity index (χ4v) is 4.49. The van der Waals surface area contributed by atoms with Crippen molar-refractivity contribution in [2.75, 3.05) is 0 Å². The highest BCUT2D eigenvalue weighted by atomic mass is 16.6. The van der Waals surface area contributed by atoms with Gasteiger partial charge in [0, 0.05) is 18.2 Å². The number of imide groups is 1. The predicted octanol–water partition coefficient (Wildman–Crippen LogP) is 2.98. The molecule has 3 atom stereocenters. The van der Waals surface area contributed by atoms with Gasteiger partial charge in [-0.05, 0) is 73.6 Å². The second-order valence-electron chi connectivity index (χ2n) is 10.9. The molecule has 33 heavy (non-hydrogen) atoms. The van der Waals surface area contributed by atoms with Crippen LogP contribution in [0.4, 0.5) is 9.59 Å². The molecule has 2 amide bonds. The minimum Gasteiger partial charge on any atom is -0.443 e. The van der Waals surface area contributed by atoms with E-state index in [2.05, 4.69) is 0 Å². The summed E-state index contributed by atoms with van der Waals surface area (Å²) < 4.78 is 12.5. The van der Waals surface area contributed by atoms with Gasteiger partial charge in [-0.15, -0.1) is 0 Å². The summed E-state index contributed by atoms with van der Waals surface area (Å²) in [5.74, 6) is -0.244. The third-order valence-corrected chi connectivity index (χ3v) is 5.76. The lowest BCUT2D eigenvalue weighted by atomic mass is 9.76. The van der Waals surface area contributed by atoms with Gasteiger partial charge < -0.3 is 9.47 Å². The lowest BCUT2D eigenvalue weighted by Crippen LogP contribution is -2.58. The Kier molecular flexibility index (Phi) is 6.34. The van der Waals surface area contributed by atoms with Crippen LogP contribution in [0.25, 0.3) is 0 Å². The van der Waals surface area contributed by atoms with Gasteiger partial charge >= 0.3 is 17.9 Å². The van der Waals surface area contributed by atoms with Crippen LogP contribution in [0.2, 0.25) is 0 Å². The minimum atomic E-state index is -1.06. The lowest BCUT2D eigenvalue weighted by molar-refractivity contribution is -0.140. The van der Waals surface area contributed by atoms with Crippen LogP contribution in [0.5, 0.6) is 0 Å². The SMILES string of the molecule is Cc1cn([C@@H]2CC[C@H]3CC(=O)N(C(=O)OC(C)(C)C)[C@H]2C3)c(=O)n(C(=O)OC(C)(C)C)c1=O. The number of nitrogens with zero attached hydrogens (tertiary/aromatic N) is 3. The van der Waals surface area contributed by atoms with Gasteiger partial charge in [0.1, 0.15) is 11.2 Å². The first-order chi connectivity index (χ1) is 15.1. The third kappa shape index (κ3) is 5.20. The minimum absolute atomic E-state index is 0.103. The van der Waals surface area contributed by atoms with Gasteiger partial charge in [-0.2, -0.15) is 4.57 Å². The van der Waals surface area contributed by atoms with E-state index in [0.717, 1.165) is 4.90 Å². The molecule has 2 heterocycles. The van der Waals surface area contributed by atoms with Crippen molar-refractivity contribution in [3.05, 3.63) is 32.6 Å². The smallest absolute Gasteiger partial charge is 0.425 e. The van der Waals surface area contributed by atoms with Gasteiger partial charge in [0.05, 0.1) is 12.1 Å². The highest BCUT2D eigenvalue weighted by Crippen LogP contribution is 2.41. The van der Waals surface area contributed by atoms with Gasteiger partial charge in [0.15, 0.2) is 0 Å². The molecule has 1 aromatic heterocycles. The average molecular weight is 464 g/mol. The first-order valence-corrected chi connectivity index (χ1v) is 11.2. The lowest BCUT2D eigenvalue weighted by Gasteiger charge is -2.46. The average Bonchev–Trinajstić information content (AvgIpc) is 2.62. The summed E-state index contributed by atoms with van der Waals surface area (Å²) in [5, 5.41) is 0. The van der Waals surface area contributed by atoms with Crippen molar-refractivity contribution >= 4 is 18.1 Å². The van der Waals surface area contributed by atoms with Gasteiger partial charge in [0.25, 0.3) is 5.56 Å². The van der Waals surface area contributed by atoms with Crippen molar-refractivity contribution in [1.82, 2.24) is 14.0 Å². The number of aromatic nitrogens is 2. The van der Waals surface area contributed by atoms with E-state index in [4.69, 9.17) is 9.47 Å². The van der Waals surface area contributed by atoms with E-state index >= 15 is 0 Å². The van der Waals surface area contributed by atoms with Gasteiger partial charge in [-0.25, -0.2) is 19.3 Å². The second-order valence-corrected chi connectivity index (χ2v) is 10.9. The third-order valence-electron chi connectivity index (χ3n) is 5.76. The van der Waals surface area contributed by atoms with Crippen LogP contribution in [-0.2, 0) is 14.3 Å². The molecule has 1 aromatic rings. The normalized spacial score (nSPS) is 23.3. The molecule has 2 bridgehead atoms. The standard InChI is InChI=1S/C23H33N3O7/c1-13-12-24(19(29)26(18(13)28)21(31)33-23(5,6)7)15-9-8-14-10-16(15)25(17(27)11-14)20(30)32-22(2,3)4/h12,14-16H,8-11H2,1-7H3/t14-,15-,16+/m1/s1. The number of carbonyl (C=O) groups is 3. The van der Waals surface area contributed by atoms with Crippen molar-refractivity contribution in [3.63, 3.8) is 0 Å². The Hall–Kier alpha value is -2.91. The number of carbonyl (C=O) groups excluding carboxylic acids is 3. The molecule has 3 rings (SSSR count). The molecule has 182 valence electrons. The number of aryl methyl sites for hydroxylation is 1. The Balaban J connectivity index is 2.07. The maximum absolute atomic E-state index is 13.3. The van der Waals surface area contributed by atoms with Gasteiger partial charge in [-0.1, -0.05) is 0 Å². The summed E-state index contributed by atoms with van der Waals surface area (Å²) >= 11 is 0. The number of hydrogen-bond acceptors (Lipinski definition) is 7. The molecule has 1 saturated carbocycles. The first-order valence-electron chi connectivity index (χ1n) is 11.2. The van der Waals surface area contributed by atoms with Crippen LogP contribution in [0, 0.1) is 12.8 Å². The van der Waals surface area contributed by atoms with Crippen LogP contribution in [-0.4, -0.2) is 49.4 Å².